The third-order valence-corrected chi connectivity index (χ3v) is 4.28. The Kier molecular flexibility index (Phi) is 4.80. The van der Waals surface area contributed by atoms with Crippen molar-refractivity contribution in [3.8, 4) is 28.4 Å². The number of nitrogens with one attached hydrogen (secondary N) is 1. The Labute approximate surface area is 161 Å². The monoisotopic (exact) mass is 375 g/mol. The molecule has 0 saturated carbocycles. The van der Waals surface area contributed by atoms with Crippen molar-refractivity contribution < 1.29 is 9.13 Å². The van der Waals surface area contributed by atoms with Crippen LogP contribution in [-0.2, 0) is 0 Å². The second-order valence-electron chi connectivity index (χ2n) is 6.02. The first kappa shape index (κ1) is 17.8. The summed E-state index contributed by atoms with van der Waals surface area (Å²) < 4.78 is 20.2. The minimum atomic E-state index is -0.299. The molecule has 2 aromatic heterocycles. The van der Waals surface area contributed by atoms with Gasteiger partial charge in [-0.05, 0) is 30.7 Å². The summed E-state index contributed by atoms with van der Waals surface area (Å²) in [5, 5.41) is 3.83. The number of rotatable bonds is 5. The standard InChI is InChI=1S/C21H18FN5O/c1-3-28-18-11-13(14-6-4-5-7-16(14)22)10-15-19(18)26-21(27-20(15)23-2)17-12-24-8-9-25-17/h4-12H,3H2,1-2H3,(H,23,26,27). The zero-order valence-electron chi connectivity index (χ0n) is 15.5. The molecule has 0 saturated heterocycles. The van der Waals surface area contributed by atoms with E-state index in [1.54, 1.807) is 49.9 Å². The molecule has 0 aliphatic carbocycles. The predicted octanol–water partition coefficient (Wildman–Crippen LogP) is 4.33. The van der Waals surface area contributed by atoms with Crippen LogP contribution in [-0.4, -0.2) is 33.6 Å². The summed E-state index contributed by atoms with van der Waals surface area (Å²) in [6.45, 7) is 2.35. The van der Waals surface area contributed by atoms with Gasteiger partial charge in [0.2, 0.25) is 0 Å². The van der Waals surface area contributed by atoms with Gasteiger partial charge in [0.15, 0.2) is 5.82 Å². The molecule has 0 unspecified atom stereocenters. The number of nitrogens with zero attached hydrogens (tertiary/aromatic N) is 4. The van der Waals surface area contributed by atoms with Crippen molar-refractivity contribution >= 4 is 16.7 Å². The van der Waals surface area contributed by atoms with Crippen molar-refractivity contribution in [1.29, 1.82) is 0 Å². The SMILES string of the molecule is CCOc1cc(-c2ccccc2F)cc2c(NC)nc(-c3cnccn3)nc12. The first-order valence-corrected chi connectivity index (χ1v) is 8.89. The number of halogens is 1. The Bertz CT molecular complexity index is 1130. The van der Waals surface area contributed by atoms with Gasteiger partial charge >= 0.3 is 0 Å². The molecule has 140 valence electrons. The number of hydrogen-bond acceptors (Lipinski definition) is 6. The van der Waals surface area contributed by atoms with Gasteiger partial charge in [0, 0.05) is 30.4 Å². The topological polar surface area (TPSA) is 72.8 Å². The number of anilines is 1. The molecule has 7 heteroatoms. The van der Waals surface area contributed by atoms with Crippen LogP contribution in [0, 0.1) is 5.82 Å². The fourth-order valence-corrected chi connectivity index (χ4v) is 3.04. The molecule has 0 fully saturated rings. The van der Waals surface area contributed by atoms with Crippen molar-refractivity contribution in [3.63, 3.8) is 0 Å². The number of benzene rings is 2. The molecule has 0 spiro atoms. The molecular weight excluding hydrogens is 357 g/mol. The zero-order valence-corrected chi connectivity index (χ0v) is 15.5. The summed E-state index contributed by atoms with van der Waals surface area (Å²) in [7, 11) is 1.78. The van der Waals surface area contributed by atoms with Crippen molar-refractivity contribution in [2.24, 2.45) is 0 Å². The summed E-state index contributed by atoms with van der Waals surface area (Å²) in [5.41, 5.74) is 2.37. The Morgan fingerprint density at radius 3 is 2.68 bits per heavy atom. The lowest BCUT2D eigenvalue weighted by atomic mass is 10.0. The van der Waals surface area contributed by atoms with E-state index in [2.05, 4.69) is 25.3 Å². The van der Waals surface area contributed by atoms with Gasteiger partial charge < -0.3 is 10.1 Å². The van der Waals surface area contributed by atoms with Crippen molar-refractivity contribution in [2.45, 2.75) is 6.92 Å². The molecule has 0 aliphatic heterocycles. The largest absolute Gasteiger partial charge is 0.492 e. The minimum Gasteiger partial charge on any atom is -0.492 e. The fourth-order valence-electron chi connectivity index (χ4n) is 3.04. The molecule has 0 atom stereocenters. The molecule has 0 bridgehead atoms. The average molecular weight is 375 g/mol. The maximum atomic E-state index is 14.4. The van der Waals surface area contributed by atoms with E-state index in [-0.39, 0.29) is 5.82 Å². The molecular formula is C21H18FN5O. The maximum absolute atomic E-state index is 14.4. The quantitative estimate of drug-likeness (QED) is 0.560. The number of hydrogen-bond donors (Lipinski definition) is 1. The maximum Gasteiger partial charge on any atom is 0.182 e. The lowest BCUT2D eigenvalue weighted by molar-refractivity contribution is 0.344. The molecule has 2 heterocycles. The van der Waals surface area contributed by atoms with Crippen LogP contribution >= 0.6 is 0 Å². The molecule has 2 aromatic carbocycles. The van der Waals surface area contributed by atoms with Crippen LogP contribution < -0.4 is 10.1 Å². The average Bonchev–Trinajstić information content (AvgIpc) is 2.74. The molecule has 1 N–H and O–H groups in total. The van der Waals surface area contributed by atoms with E-state index in [1.807, 2.05) is 13.0 Å². The van der Waals surface area contributed by atoms with E-state index in [4.69, 9.17) is 4.74 Å². The highest BCUT2D eigenvalue weighted by Crippen LogP contribution is 2.36. The summed E-state index contributed by atoms with van der Waals surface area (Å²) in [5.74, 6) is 1.30. The van der Waals surface area contributed by atoms with Gasteiger partial charge in [-0.15, -0.1) is 0 Å². The number of fused-ring (bicyclic) bond motifs is 1. The second-order valence-corrected chi connectivity index (χ2v) is 6.02. The van der Waals surface area contributed by atoms with Crippen molar-refractivity contribution in [3.05, 3.63) is 60.8 Å². The first-order valence-electron chi connectivity index (χ1n) is 8.89. The van der Waals surface area contributed by atoms with Crippen LogP contribution in [0.2, 0.25) is 0 Å². The van der Waals surface area contributed by atoms with E-state index < -0.39 is 0 Å². The van der Waals surface area contributed by atoms with Crippen molar-refractivity contribution in [1.82, 2.24) is 19.9 Å². The summed E-state index contributed by atoms with van der Waals surface area (Å²) >= 11 is 0. The van der Waals surface area contributed by atoms with Crippen LogP contribution in [0.1, 0.15) is 6.92 Å². The van der Waals surface area contributed by atoms with E-state index in [1.165, 1.54) is 6.07 Å². The Hall–Kier alpha value is -3.61. The summed E-state index contributed by atoms with van der Waals surface area (Å²) in [4.78, 5) is 17.6. The molecule has 28 heavy (non-hydrogen) atoms. The smallest absolute Gasteiger partial charge is 0.182 e. The molecule has 0 amide bonds. The van der Waals surface area contributed by atoms with Crippen molar-refractivity contribution in [2.75, 3.05) is 19.0 Å². The van der Waals surface area contributed by atoms with Crippen LogP contribution in [0.4, 0.5) is 10.2 Å². The molecule has 4 rings (SSSR count). The van der Waals surface area contributed by atoms with Gasteiger partial charge in [-0.1, -0.05) is 18.2 Å². The van der Waals surface area contributed by atoms with E-state index in [9.17, 15) is 4.39 Å². The van der Waals surface area contributed by atoms with Gasteiger partial charge in [-0.25, -0.2) is 19.3 Å². The van der Waals surface area contributed by atoms with Gasteiger partial charge in [0.25, 0.3) is 0 Å². The van der Waals surface area contributed by atoms with Gasteiger partial charge in [0.1, 0.15) is 28.6 Å². The number of aromatic nitrogens is 4. The Balaban J connectivity index is 2.00. The van der Waals surface area contributed by atoms with E-state index in [0.29, 0.717) is 46.3 Å². The van der Waals surface area contributed by atoms with Crippen LogP contribution in [0.15, 0.2) is 55.0 Å². The van der Waals surface area contributed by atoms with Gasteiger partial charge in [-0.3, -0.25) is 4.98 Å². The first-order chi connectivity index (χ1) is 13.7. The molecule has 6 nitrogen and oxygen atoms in total. The van der Waals surface area contributed by atoms with Crippen LogP contribution in [0.3, 0.4) is 0 Å². The van der Waals surface area contributed by atoms with Gasteiger partial charge in [0.05, 0.1) is 12.8 Å². The highest BCUT2D eigenvalue weighted by molar-refractivity contribution is 5.97. The Morgan fingerprint density at radius 1 is 1.11 bits per heavy atom. The second kappa shape index (κ2) is 7.56. The van der Waals surface area contributed by atoms with Gasteiger partial charge in [-0.2, -0.15) is 0 Å². The predicted molar refractivity (Wildman–Crippen MR) is 107 cm³/mol. The Morgan fingerprint density at radius 2 is 1.96 bits per heavy atom. The zero-order chi connectivity index (χ0) is 19.5. The highest BCUT2D eigenvalue weighted by atomic mass is 19.1. The normalized spacial score (nSPS) is 10.8. The van der Waals surface area contributed by atoms with E-state index in [0.717, 1.165) is 5.39 Å². The summed E-state index contributed by atoms with van der Waals surface area (Å²) in [6, 6.07) is 10.3. The van der Waals surface area contributed by atoms with Crippen LogP contribution in [0.5, 0.6) is 5.75 Å². The lowest BCUT2D eigenvalue weighted by Crippen LogP contribution is -2.03. The third kappa shape index (κ3) is 3.22. The number of ether oxygens (including phenoxy) is 1. The third-order valence-electron chi connectivity index (χ3n) is 4.28. The lowest BCUT2D eigenvalue weighted by Gasteiger charge is -2.14. The minimum absolute atomic E-state index is 0.299. The molecule has 0 radical (unpaired) electrons. The molecule has 0 aliphatic rings. The van der Waals surface area contributed by atoms with E-state index >= 15 is 0 Å². The highest BCUT2D eigenvalue weighted by Gasteiger charge is 2.16. The fraction of sp³-hybridized carbons (Fsp3) is 0.143. The molecule has 4 aromatic rings. The van der Waals surface area contributed by atoms with Crippen LogP contribution in [0.25, 0.3) is 33.5 Å². The summed E-state index contributed by atoms with van der Waals surface area (Å²) in [6.07, 6.45) is 4.79.